The highest BCUT2D eigenvalue weighted by Gasteiger charge is 2.24. The number of ketones is 1. The minimum atomic E-state index is -0.0191. The van der Waals surface area contributed by atoms with Gasteiger partial charge >= 0.3 is 0 Å². The van der Waals surface area contributed by atoms with Gasteiger partial charge in [0.25, 0.3) is 5.91 Å². The second kappa shape index (κ2) is 6.86. The van der Waals surface area contributed by atoms with Crippen LogP contribution < -0.4 is 0 Å². The molecule has 0 N–H and O–H groups in total. The number of nitrogens with zero attached hydrogens (tertiary/aromatic N) is 4. The fourth-order valence-corrected chi connectivity index (χ4v) is 3.78. The van der Waals surface area contributed by atoms with Gasteiger partial charge in [-0.1, -0.05) is 0 Å². The van der Waals surface area contributed by atoms with Crippen molar-refractivity contribution in [2.45, 2.75) is 20.4 Å². The molecule has 0 saturated carbocycles. The van der Waals surface area contributed by atoms with Crippen molar-refractivity contribution in [3.05, 3.63) is 39.6 Å². The smallest absolute Gasteiger partial charge is 0.270 e. The minimum Gasteiger partial charge on any atom is -0.346 e. The summed E-state index contributed by atoms with van der Waals surface area (Å²) in [4.78, 5) is 33.9. The van der Waals surface area contributed by atoms with E-state index in [-0.39, 0.29) is 11.7 Å². The predicted molar refractivity (Wildman–Crippen MR) is 93.4 cm³/mol. The van der Waals surface area contributed by atoms with Gasteiger partial charge < -0.3 is 9.47 Å². The minimum absolute atomic E-state index is 0.00159. The van der Waals surface area contributed by atoms with E-state index < -0.39 is 0 Å². The molecule has 6 nitrogen and oxygen atoms in total. The highest BCUT2D eigenvalue weighted by molar-refractivity contribution is 7.11. The van der Waals surface area contributed by atoms with Gasteiger partial charge in [-0.25, -0.2) is 4.98 Å². The van der Waals surface area contributed by atoms with Crippen LogP contribution in [0.4, 0.5) is 0 Å². The highest BCUT2D eigenvalue weighted by Crippen LogP contribution is 2.17. The third kappa shape index (κ3) is 3.57. The largest absolute Gasteiger partial charge is 0.346 e. The molecule has 0 aromatic carbocycles. The van der Waals surface area contributed by atoms with Gasteiger partial charge in [0.1, 0.15) is 5.69 Å². The van der Waals surface area contributed by atoms with E-state index in [0.717, 1.165) is 24.6 Å². The molecule has 2 aromatic rings. The number of aromatic nitrogens is 2. The first-order valence-corrected chi connectivity index (χ1v) is 8.86. The van der Waals surface area contributed by atoms with Crippen LogP contribution in [0, 0.1) is 6.92 Å². The number of hydrogen-bond acceptors (Lipinski definition) is 5. The normalized spacial score (nSPS) is 15.7. The maximum atomic E-state index is 12.7. The molecule has 3 rings (SSSR count). The lowest BCUT2D eigenvalue weighted by Gasteiger charge is -2.34. The third-order valence-corrected chi connectivity index (χ3v) is 5.24. The molecule has 1 amide bonds. The van der Waals surface area contributed by atoms with Crippen molar-refractivity contribution < 1.29 is 9.59 Å². The maximum absolute atomic E-state index is 12.7. The average molecular weight is 346 g/mol. The lowest BCUT2D eigenvalue weighted by atomic mass is 10.2. The molecule has 3 heterocycles. The second-order valence-corrected chi connectivity index (χ2v) is 7.51. The fraction of sp³-hybridized carbons (Fsp3) is 0.471. The second-order valence-electron chi connectivity index (χ2n) is 6.20. The Kier molecular flexibility index (Phi) is 4.82. The molecule has 1 aliphatic rings. The SMILES string of the molecule is CC(=O)c1cc(C(=O)N2CCN(Cc3cnc(C)s3)CC2)n(C)c1. The number of aryl methyl sites for hydroxylation is 2. The highest BCUT2D eigenvalue weighted by atomic mass is 32.1. The number of piperazine rings is 1. The Morgan fingerprint density at radius 2 is 1.96 bits per heavy atom. The first kappa shape index (κ1) is 16.9. The van der Waals surface area contributed by atoms with Gasteiger partial charge in [-0.2, -0.15) is 0 Å². The molecule has 1 saturated heterocycles. The van der Waals surface area contributed by atoms with Gasteiger partial charge in [0, 0.05) is 62.6 Å². The molecule has 0 spiro atoms. The fourth-order valence-electron chi connectivity index (χ4n) is 2.94. The number of rotatable bonds is 4. The van der Waals surface area contributed by atoms with Gasteiger partial charge in [-0.15, -0.1) is 11.3 Å². The van der Waals surface area contributed by atoms with Gasteiger partial charge in [0.2, 0.25) is 0 Å². The van der Waals surface area contributed by atoms with E-state index in [1.54, 1.807) is 28.2 Å². The van der Waals surface area contributed by atoms with Crippen molar-refractivity contribution >= 4 is 23.0 Å². The summed E-state index contributed by atoms with van der Waals surface area (Å²) in [6.45, 7) is 7.55. The summed E-state index contributed by atoms with van der Waals surface area (Å²) in [5.41, 5.74) is 1.16. The van der Waals surface area contributed by atoms with E-state index in [4.69, 9.17) is 0 Å². The van der Waals surface area contributed by atoms with Crippen molar-refractivity contribution in [3.8, 4) is 0 Å². The molecular formula is C17H22N4O2S. The molecule has 0 aliphatic carbocycles. The van der Waals surface area contributed by atoms with Crippen molar-refractivity contribution in [2.24, 2.45) is 7.05 Å². The number of hydrogen-bond donors (Lipinski definition) is 0. The zero-order chi connectivity index (χ0) is 17.3. The third-order valence-electron chi connectivity index (χ3n) is 4.34. The number of Topliss-reactive ketones (excluding diaryl/α,β-unsaturated/α-hetero) is 1. The monoisotopic (exact) mass is 346 g/mol. The van der Waals surface area contributed by atoms with Crippen LogP contribution in [0.15, 0.2) is 18.5 Å². The van der Waals surface area contributed by atoms with Crippen LogP contribution in [0.25, 0.3) is 0 Å². The molecule has 0 unspecified atom stereocenters. The molecule has 0 radical (unpaired) electrons. The van der Waals surface area contributed by atoms with E-state index in [1.807, 2.05) is 25.1 Å². The quantitative estimate of drug-likeness (QED) is 0.794. The van der Waals surface area contributed by atoms with E-state index in [9.17, 15) is 9.59 Å². The number of thiazole rings is 1. The van der Waals surface area contributed by atoms with Crippen LogP contribution in [0.1, 0.15) is 37.7 Å². The summed E-state index contributed by atoms with van der Waals surface area (Å²) in [6.07, 6.45) is 3.66. The van der Waals surface area contributed by atoms with Gasteiger partial charge in [-0.3, -0.25) is 14.5 Å². The Morgan fingerprint density at radius 1 is 1.25 bits per heavy atom. The molecule has 1 aliphatic heterocycles. The number of amides is 1. The van der Waals surface area contributed by atoms with Crippen LogP contribution >= 0.6 is 11.3 Å². The zero-order valence-corrected chi connectivity index (χ0v) is 15.1. The summed E-state index contributed by atoms with van der Waals surface area (Å²) in [5, 5.41) is 1.09. The first-order valence-electron chi connectivity index (χ1n) is 8.04. The summed E-state index contributed by atoms with van der Waals surface area (Å²) >= 11 is 1.72. The van der Waals surface area contributed by atoms with E-state index >= 15 is 0 Å². The summed E-state index contributed by atoms with van der Waals surface area (Å²) in [6, 6.07) is 1.69. The van der Waals surface area contributed by atoms with Gasteiger partial charge in [0.05, 0.1) is 5.01 Å². The lowest BCUT2D eigenvalue weighted by molar-refractivity contribution is 0.0620. The van der Waals surface area contributed by atoms with Crippen molar-refractivity contribution in [3.63, 3.8) is 0 Å². The topological polar surface area (TPSA) is 58.4 Å². The van der Waals surface area contributed by atoms with Crippen molar-refractivity contribution in [2.75, 3.05) is 26.2 Å². The molecule has 2 aromatic heterocycles. The van der Waals surface area contributed by atoms with Crippen molar-refractivity contribution in [1.82, 2.24) is 19.4 Å². The Morgan fingerprint density at radius 3 is 2.50 bits per heavy atom. The van der Waals surface area contributed by atoms with E-state index in [2.05, 4.69) is 9.88 Å². The Bertz CT molecular complexity index is 756. The lowest BCUT2D eigenvalue weighted by Crippen LogP contribution is -2.48. The molecule has 24 heavy (non-hydrogen) atoms. The number of carbonyl (C=O) groups excluding carboxylic acids is 2. The Hall–Kier alpha value is -1.99. The Labute approximate surface area is 145 Å². The van der Waals surface area contributed by atoms with Crippen molar-refractivity contribution in [1.29, 1.82) is 0 Å². The van der Waals surface area contributed by atoms with Crippen LogP contribution in [0.5, 0.6) is 0 Å². The number of carbonyl (C=O) groups is 2. The Balaban J connectivity index is 1.60. The van der Waals surface area contributed by atoms with Crippen LogP contribution in [0.3, 0.4) is 0 Å². The molecular weight excluding hydrogens is 324 g/mol. The molecule has 0 atom stereocenters. The average Bonchev–Trinajstić information content (AvgIpc) is 3.13. The summed E-state index contributed by atoms with van der Waals surface area (Å²) in [7, 11) is 1.81. The van der Waals surface area contributed by atoms with Crippen LogP contribution in [-0.2, 0) is 13.6 Å². The zero-order valence-electron chi connectivity index (χ0n) is 14.3. The molecule has 0 bridgehead atoms. The predicted octanol–water partition coefficient (Wildman–Crippen LogP) is 1.95. The summed E-state index contributed by atoms with van der Waals surface area (Å²) < 4.78 is 1.74. The molecule has 128 valence electrons. The molecule has 7 heteroatoms. The maximum Gasteiger partial charge on any atom is 0.270 e. The van der Waals surface area contributed by atoms with E-state index in [1.165, 1.54) is 11.8 Å². The molecule has 1 fully saturated rings. The van der Waals surface area contributed by atoms with Crippen LogP contribution in [0.2, 0.25) is 0 Å². The van der Waals surface area contributed by atoms with Gasteiger partial charge in [0.15, 0.2) is 5.78 Å². The van der Waals surface area contributed by atoms with E-state index in [0.29, 0.717) is 24.3 Å². The summed E-state index contributed by atoms with van der Waals surface area (Å²) in [5.74, 6) is -0.0207. The van der Waals surface area contributed by atoms with Crippen LogP contribution in [-0.4, -0.2) is 57.2 Å². The standard InChI is InChI=1S/C17H22N4O2S/c1-12(22)14-8-16(19(3)10-14)17(23)21-6-4-20(5-7-21)11-15-9-18-13(2)24-15/h8-10H,4-7,11H2,1-3H3. The first-order chi connectivity index (χ1) is 11.4. The van der Waals surface area contributed by atoms with Gasteiger partial charge in [-0.05, 0) is 19.9 Å².